The number of hydrogen-bond donors (Lipinski definition) is 0. The number of halogens is 1. The largest absolute Gasteiger partial charge is 0.330 e. The van der Waals surface area contributed by atoms with Crippen molar-refractivity contribution in [3.05, 3.63) is 76.7 Å². The number of carbonyl (C=O) groups excluding carboxylic acids is 1. The van der Waals surface area contributed by atoms with Crippen LogP contribution in [0.25, 0.3) is 0 Å². The predicted octanol–water partition coefficient (Wildman–Crippen LogP) is 3.77. The van der Waals surface area contributed by atoms with Crippen LogP contribution in [0.1, 0.15) is 5.56 Å². The number of amides is 1. The van der Waals surface area contributed by atoms with Crippen molar-refractivity contribution in [2.75, 3.05) is 11.5 Å². The van der Waals surface area contributed by atoms with Gasteiger partial charge in [0, 0.05) is 21.9 Å². The Bertz CT molecular complexity index is 896. The number of carbonyl (C=O) groups is 1. The highest BCUT2D eigenvalue weighted by Crippen LogP contribution is 2.23. The van der Waals surface area contributed by atoms with Crippen molar-refractivity contribution in [3.63, 3.8) is 0 Å². The highest BCUT2D eigenvalue weighted by atomic mass is 35.5. The molecule has 0 spiro atoms. The van der Waals surface area contributed by atoms with Gasteiger partial charge in [-0.05, 0) is 35.9 Å². The number of rotatable bonds is 6. The molecule has 0 aliphatic carbocycles. The van der Waals surface area contributed by atoms with Crippen LogP contribution in [0.3, 0.4) is 0 Å². The summed E-state index contributed by atoms with van der Waals surface area (Å²) in [6.45, 7) is 0.380. The second-order valence-electron chi connectivity index (χ2n) is 5.98. The third-order valence-electron chi connectivity index (χ3n) is 4.00. The molecule has 0 N–H and O–H groups in total. The summed E-state index contributed by atoms with van der Waals surface area (Å²) in [7, 11) is -3.23. The van der Waals surface area contributed by atoms with Gasteiger partial charge >= 0.3 is 0 Å². The average Bonchev–Trinajstić information content (AvgIpc) is 2.99. The molecule has 0 fully saturated rings. The lowest BCUT2D eigenvalue weighted by Gasteiger charge is -2.27. The molecule has 26 heavy (non-hydrogen) atoms. The Labute approximate surface area is 162 Å². The van der Waals surface area contributed by atoms with E-state index in [2.05, 4.69) is 0 Å². The fourth-order valence-electron chi connectivity index (χ4n) is 2.68. The van der Waals surface area contributed by atoms with E-state index in [9.17, 15) is 13.2 Å². The molecule has 0 radical (unpaired) electrons. The van der Waals surface area contributed by atoms with Gasteiger partial charge in [-0.1, -0.05) is 41.9 Å². The van der Waals surface area contributed by atoms with E-state index in [0.29, 0.717) is 11.6 Å². The normalized spacial score (nSPS) is 18.0. The van der Waals surface area contributed by atoms with Gasteiger partial charge in [-0.3, -0.25) is 4.79 Å². The topological polar surface area (TPSA) is 54.5 Å². The molecule has 0 aromatic heterocycles. The van der Waals surface area contributed by atoms with E-state index in [0.717, 1.165) is 10.5 Å². The maximum Gasteiger partial charge on any atom is 0.233 e. The Morgan fingerprint density at radius 3 is 2.42 bits per heavy atom. The minimum Gasteiger partial charge on any atom is -0.330 e. The SMILES string of the molecule is O=C(CSc1ccc(Cl)cc1)N(Cc1ccccc1)[C@H]1C=CS(=O)(=O)C1. The van der Waals surface area contributed by atoms with Crippen molar-refractivity contribution >= 4 is 39.1 Å². The van der Waals surface area contributed by atoms with Crippen molar-refractivity contribution < 1.29 is 13.2 Å². The number of hydrogen-bond acceptors (Lipinski definition) is 4. The Morgan fingerprint density at radius 1 is 1.12 bits per heavy atom. The van der Waals surface area contributed by atoms with Gasteiger partial charge in [-0.15, -0.1) is 11.8 Å². The van der Waals surface area contributed by atoms with E-state index < -0.39 is 15.9 Å². The first-order valence-electron chi connectivity index (χ1n) is 8.06. The molecule has 2 aromatic rings. The molecule has 7 heteroatoms. The Kier molecular flexibility index (Phi) is 6.06. The summed E-state index contributed by atoms with van der Waals surface area (Å²) in [5.74, 6) is 0.0799. The molecule has 0 unspecified atom stereocenters. The van der Waals surface area contributed by atoms with E-state index in [1.54, 1.807) is 23.1 Å². The van der Waals surface area contributed by atoms with E-state index in [4.69, 9.17) is 11.6 Å². The van der Waals surface area contributed by atoms with Gasteiger partial charge in [0.1, 0.15) is 0 Å². The van der Waals surface area contributed by atoms with Crippen LogP contribution in [0.4, 0.5) is 0 Å². The molecule has 0 saturated carbocycles. The van der Waals surface area contributed by atoms with E-state index in [-0.39, 0.29) is 17.4 Å². The summed E-state index contributed by atoms with van der Waals surface area (Å²) in [5, 5.41) is 1.85. The van der Waals surface area contributed by atoms with Gasteiger partial charge in [0.25, 0.3) is 0 Å². The zero-order valence-electron chi connectivity index (χ0n) is 13.9. The predicted molar refractivity (Wildman–Crippen MR) is 106 cm³/mol. The Balaban J connectivity index is 1.72. The molecule has 1 amide bonds. The fourth-order valence-corrected chi connectivity index (χ4v) is 4.89. The molecule has 1 aliphatic rings. The van der Waals surface area contributed by atoms with Crippen LogP contribution in [0.5, 0.6) is 0 Å². The maximum atomic E-state index is 12.8. The second-order valence-corrected chi connectivity index (χ2v) is 9.39. The number of thioether (sulfide) groups is 1. The number of benzene rings is 2. The standard InChI is InChI=1S/C19H18ClNO3S2/c20-16-6-8-18(9-7-16)25-13-19(22)21(12-15-4-2-1-3-5-15)17-10-11-26(23,24)14-17/h1-11,17H,12-14H2/t17-/m0/s1. The lowest BCUT2D eigenvalue weighted by atomic mass is 10.2. The molecule has 136 valence electrons. The zero-order chi connectivity index (χ0) is 18.6. The van der Waals surface area contributed by atoms with Crippen LogP contribution >= 0.6 is 23.4 Å². The van der Waals surface area contributed by atoms with Crippen molar-refractivity contribution in [1.82, 2.24) is 4.90 Å². The van der Waals surface area contributed by atoms with E-state index in [1.807, 2.05) is 42.5 Å². The summed E-state index contributed by atoms with van der Waals surface area (Å²) in [5.41, 5.74) is 0.968. The average molecular weight is 408 g/mol. The molecule has 3 rings (SSSR count). The van der Waals surface area contributed by atoms with Gasteiger partial charge in [0.05, 0.1) is 17.5 Å². The summed E-state index contributed by atoms with van der Waals surface area (Å²) in [6, 6.07) is 16.4. The molecule has 1 heterocycles. The number of sulfone groups is 1. The van der Waals surface area contributed by atoms with Crippen LogP contribution in [-0.4, -0.2) is 36.8 Å². The Morgan fingerprint density at radius 2 is 1.81 bits per heavy atom. The fraction of sp³-hybridized carbons (Fsp3) is 0.211. The molecule has 4 nitrogen and oxygen atoms in total. The molecule has 0 saturated heterocycles. The summed E-state index contributed by atoms with van der Waals surface area (Å²) < 4.78 is 23.6. The lowest BCUT2D eigenvalue weighted by molar-refractivity contribution is -0.130. The van der Waals surface area contributed by atoms with Crippen molar-refractivity contribution in [2.24, 2.45) is 0 Å². The van der Waals surface area contributed by atoms with Crippen LogP contribution in [-0.2, 0) is 21.2 Å². The monoisotopic (exact) mass is 407 g/mol. The molecule has 1 atom stereocenters. The quantitative estimate of drug-likeness (QED) is 0.684. The van der Waals surface area contributed by atoms with Crippen LogP contribution in [0.2, 0.25) is 5.02 Å². The van der Waals surface area contributed by atoms with Gasteiger partial charge in [-0.2, -0.15) is 0 Å². The molecular formula is C19H18ClNO3S2. The smallest absolute Gasteiger partial charge is 0.233 e. The first-order chi connectivity index (χ1) is 12.4. The van der Waals surface area contributed by atoms with Gasteiger partial charge < -0.3 is 4.90 Å². The van der Waals surface area contributed by atoms with Crippen LogP contribution in [0.15, 0.2) is 71.0 Å². The Hall–Kier alpha value is -1.76. The summed E-state index contributed by atoms with van der Waals surface area (Å²) >= 11 is 7.29. The van der Waals surface area contributed by atoms with Gasteiger partial charge in [-0.25, -0.2) is 8.42 Å². The van der Waals surface area contributed by atoms with Crippen molar-refractivity contribution in [3.8, 4) is 0 Å². The van der Waals surface area contributed by atoms with Gasteiger partial charge in [0.2, 0.25) is 5.91 Å². The van der Waals surface area contributed by atoms with Crippen molar-refractivity contribution in [1.29, 1.82) is 0 Å². The minimum absolute atomic E-state index is 0.0583. The highest BCUT2D eigenvalue weighted by molar-refractivity contribution is 8.00. The summed E-state index contributed by atoms with van der Waals surface area (Å²) in [4.78, 5) is 15.4. The van der Waals surface area contributed by atoms with E-state index >= 15 is 0 Å². The molecule has 2 aromatic carbocycles. The lowest BCUT2D eigenvalue weighted by Crippen LogP contribution is -2.41. The maximum absolute atomic E-state index is 12.8. The van der Waals surface area contributed by atoms with Crippen molar-refractivity contribution in [2.45, 2.75) is 17.5 Å². The first kappa shape index (κ1) is 19.0. The number of nitrogens with zero attached hydrogens (tertiary/aromatic N) is 1. The second kappa shape index (κ2) is 8.29. The summed E-state index contributed by atoms with van der Waals surface area (Å²) in [6.07, 6.45) is 1.60. The first-order valence-corrected chi connectivity index (χ1v) is 11.1. The third kappa shape index (κ3) is 5.13. The molecule has 0 bridgehead atoms. The highest BCUT2D eigenvalue weighted by Gasteiger charge is 2.30. The molecule has 1 aliphatic heterocycles. The third-order valence-corrected chi connectivity index (χ3v) is 6.63. The van der Waals surface area contributed by atoms with Gasteiger partial charge in [0.15, 0.2) is 9.84 Å². The van der Waals surface area contributed by atoms with Crippen LogP contribution < -0.4 is 0 Å². The zero-order valence-corrected chi connectivity index (χ0v) is 16.3. The minimum atomic E-state index is -3.23. The van der Waals surface area contributed by atoms with E-state index in [1.165, 1.54) is 17.2 Å². The molecular weight excluding hydrogens is 390 g/mol. The van der Waals surface area contributed by atoms with Crippen LogP contribution in [0, 0.1) is 0 Å².